The molecule has 1 unspecified atom stereocenters. The maximum absolute atomic E-state index is 13.7. The maximum Gasteiger partial charge on any atom is 0.416 e. The minimum Gasteiger partial charge on any atom is -0.486 e. The van der Waals surface area contributed by atoms with E-state index < -0.39 is 56.2 Å². The van der Waals surface area contributed by atoms with Crippen LogP contribution in [-0.2, 0) is 25.8 Å². The molecule has 1 atom stereocenters. The van der Waals surface area contributed by atoms with Gasteiger partial charge >= 0.3 is 24.1 Å². The summed E-state index contributed by atoms with van der Waals surface area (Å²) >= 11 is 0. The van der Waals surface area contributed by atoms with Gasteiger partial charge in [-0.05, 0) is 50.2 Å². The molecule has 3 rings (SSSR count). The molecule has 3 amide bonds. The first-order valence-electron chi connectivity index (χ1n) is 11.5. The van der Waals surface area contributed by atoms with E-state index in [0.29, 0.717) is 6.07 Å². The molecule has 39 heavy (non-hydrogen) atoms. The van der Waals surface area contributed by atoms with Crippen LogP contribution in [0, 0.1) is 0 Å². The van der Waals surface area contributed by atoms with Crippen LogP contribution >= 0.6 is 0 Å². The van der Waals surface area contributed by atoms with Crippen molar-refractivity contribution in [3.63, 3.8) is 0 Å². The molecular formula is C24H27F3N4O7S. The Morgan fingerprint density at radius 1 is 1.13 bits per heavy atom. The van der Waals surface area contributed by atoms with Gasteiger partial charge in [0.15, 0.2) is 0 Å². The zero-order valence-electron chi connectivity index (χ0n) is 21.4. The van der Waals surface area contributed by atoms with Crippen molar-refractivity contribution >= 4 is 39.3 Å². The molecule has 212 valence electrons. The third-order valence-corrected chi connectivity index (χ3v) is 7.46. The minimum absolute atomic E-state index is 0.00216. The van der Waals surface area contributed by atoms with E-state index in [1.54, 1.807) is 13.8 Å². The van der Waals surface area contributed by atoms with Crippen molar-refractivity contribution in [3.05, 3.63) is 48.0 Å². The average molecular weight is 573 g/mol. The van der Waals surface area contributed by atoms with Crippen molar-refractivity contribution in [2.45, 2.75) is 43.0 Å². The third kappa shape index (κ3) is 6.90. The lowest BCUT2D eigenvalue weighted by Crippen LogP contribution is -2.53. The van der Waals surface area contributed by atoms with Crippen molar-refractivity contribution in [1.82, 2.24) is 10.2 Å². The van der Waals surface area contributed by atoms with E-state index in [1.165, 1.54) is 32.3 Å². The number of hydrogen-bond donors (Lipinski definition) is 3. The van der Waals surface area contributed by atoms with E-state index in [9.17, 15) is 36.0 Å². The predicted octanol–water partition coefficient (Wildman–Crippen LogP) is 3.12. The molecule has 0 aromatic heterocycles. The van der Waals surface area contributed by atoms with E-state index in [0.717, 1.165) is 27.4 Å². The van der Waals surface area contributed by atoms with Gasteiger partial charge in [0.2, 0.25) is 0 Å². The van der Waals surface area contributed by atoms with Gasteiger partial charge in [-0.3, -0.25) is 19.2 Å². The van der Waals surface area contributed by atoms with Gasteiger partial charge in [-0.15, -0.1) is 0 Å². The Bertz CT molecular complexity index is 1390. The fourth-order valence-corrected chi connectivity index (χ4v) is 5.54. The van der Waals surface area contributed by atoms with Crippen molar-refractivity contribution in [2.75, 3.05) is 30.3 Å². The van der Waals surface area contributed by atoms with Crippen LogP contribution < -0.4 is 19.7 Å². The highest BCUT2D eigenvalue weighted by Gasteiger charge is 2.39. The number of nitrogens with zero attached hydrogens (tertiary/aromatic N) is 2. The molecule has 1 heterocycles. The highest BCUT2D eigenvalue weighted by molar-refractivity contribution is 7.92. The minimum atomic E-state index is -4.79. The van der Waals surface area contributed by atoms with Crippen LogP contribution in [0.15, 0.2) is 47.4 Å². The number of carbonyl (C=O) groups is 3. The number of carbonyl (C=O) groups excluding carboxylic acids is 2. The monoisotopic (exact) mass is 572 g/mol. The molecule has 2 aromatic carbocycles. The summed E-state index contributed by atoms with van der Waals surface area (Å²) in [4.78, 5) is 35.8. The number of alkyl halides is 3. The van der Waals surface area contributed by atoms with Gasteiger partial charge < -0.3 is 20.1 Å². The Kier molecular flexibility index (Phi) is 8.05. The molecule has 0 radical (unpaired) electrons. The number of benzene rings is 2. The van der Waals surface area contributed by atoms with E-state index in [2.05, 4.69) is 10.6 Å². The molecule has 1 aliphatic heterocycles. The summed E-state index contributed by atoms with van der Waals surface area (Å²) in [5, 5.41) is 13.7. The first-order valence-corrected chi connectivity index (χ1v) is 12.9. The molecule has 0 saturated carbocycles. The lowest BCUT2D eigenvalue weighted by Gasteiger charge is -2.39. The molecule has 0 fully saturated rings. The second-order valence-electron chi connectivity index (χ2n) is 9.66. The Morgan fingerprint density at radius 3 is 2.38 bits per heavy atom. The molecule has 2 aromatic rings. The molecular weight excluding hydrogens is 545 g/mol. The summed E-state index contributed by atoms with van der Waals surface area (Å²) in [6.07, 6.45) is -7.12. The number of rotatable bonds is 6. The standard InChI is InChI=1S/C24H27F3N4O7S/c1-23(2,29-20(32)21(33)30(3)4)12-16-13-31(18-11-15(28-22(34)35)8-9-19(18)38-16)39(36,37)17-7-5-6-14(10-17)24(25,26)27/h5-11,16,28H,12-13H2,1-4H3,(H,29,32)(H,34,35). The van der Waals surface area contributed by atoms with E-state index in [1.807, 2.05) is 0 Å². The first kappa shape index (κ1) is 29.5. The summed E-state index contributed by atoms with van der Waals surface area (Å²) in [6.45, 7) is 2.81. The largest absolute Gasteiger partial charge is 0.486 e. The van der Waals surface area contributed by atoms with E-state index >= 15 is 0 Å². The normalized spacial score (nSPS) is 15.6. The number of ether oxygens (including phenoxy) is 1. The fraction of sp³-hybridized carbons (Fsp3) is 0.375. The SMILES string of the molecule is CN(C)C(=O)C(=O)NC(C)(C)CC1CN(S(=O)(=O)c2cccc(C(F)(F)F)c2)c2cc(NC(=O)O)ccc2O1. The van der Waals surface area contributed by atoms with E-state index in [-0.39, 0.29) is 30.1 Å². The summed E-state index contributed by atoms with van der Waals surface area (Å²) in [5.74, 6) is -1.67. The molecule has 11 nitrogen and oxygen atoms in total. The second-order valence-corrected chi connectivity index (χ2v) is 11.5. The van der Waals surface area contributed by atoms with Crippen LogP contribution in [0.4, 0.5) is 29.3 Å². The predicted molar refractivity (Wildman–Crippen MR) is 134 cm³/mol. The number of likely N-dealkylation sites (N-methyl/N-ethyl adjacent to an activating group) is 1. The van der Waals surface area contributed by atoms with Gasteiger partial charge in [0.1, 0.15) is 11.9 Å². The molecule has 1 aliphatic rings. The maximum atomic E-state index is 13.7. The van der Waals surface area contributed by atoms with Crippen LogP contribution in [0.5, 0.6) is 5.75 Å². The number of amides is 3. The van der Waals surface area contributed by atoms with Gasteiger partial charge in [0, 0.05) is 31.7 Å². The van der Waals surface area contributed by atoms with Gasteiger partial charge in [-0.2, -0.15) is 13.2 Å². The highest BCUT2D eigenvalue weighted by atomic mass is 32.2. The Labute approximate surface area is 222 Å². The fourth-order valence-electron chi connectivity index (χ4n) is 3.99. The molecule has 15 heteroatoms. The molecule has 0 bridgehead atoms. The second kappa shape index (κ2) is 10.6. The van der Waals surface area contributed by atoms with Gasteiger partial charge in [-0.25, -0.2) is 13.2 Å². The van der Waals surface area contributed by atoms with Crippen LogP contribution in [0.3, 0.4) is 0 Å². The van der Waals surface area contributed by atoms with Crippen LogP contribution in [0.25, 0.3) is 0 Å². The summed E-state index contributed by atoms with van der Waals surface area (Å²) in [6, 6.07) is 7.08. The number of fused-ring (bicyclic) bond motifs is 1. The van der Waals surface area contributed by atoms with Crippen molar-refractivity contribution in [2.24, 2.45) is 0 Å². The van der Waals surface area contributed by atoms with E-state index in [4.69, 9.17) is 9.84 Å². The number of carboxylic acid groups (broad SMARTS) is 1. The average Bonchev–Trinajstić information content (AvgIpc) is 2.81. The van der Waals surface area contributed by atoms with Crippen molar-refractivity contribution < 1.29 is 45.8 Å². The van der Waals surface area contributed by atoms with Crippen molar-refractivity contribution in [3.8, 4) is 5.75 Å². The summed E-state index contributed by atoms with van der Waals surface area (Å²) in [5.41, 5.74) is -2.33. The van der Waals surface area contributed by atoms with Crippen LogP contribution in [-0.4, -0.2) is 68.6 Å². The third-order valence-electron chi connectivity index (χ3n) is 5.68. The lowest BCUT2D eigenvalue weighted by atomic mass is 9.95. The topological polar surface area (TPSA) is 145 Å². The van der Waals surface area contributed by atoms with Crippen molar-refractivity contribution in [1.29, 1.82) is 0 Å². The summed E-state index contributed by atoms with van der Waals surface area (Å²) in [7, 11) is -1.80. The number of sulfonamides is 1. The van der Waals surface area contributed by atoms with Gasteiger partial charge in [0.05, 0.1) is 22.7 Å². The molecule has 3 N–H and O–H groups in total. The summed E-state index contributed by atoms with van der Waals surface area (Å²) < 4.78 is 74.1. The Hall–Kier alpha value is -4.01. The van der Waals surface area contributed by atoms with Gasteiger partial charge in [-0.1, -0.05) is 6.07 Å². The number of hydrogen-bond acceptors (Lipinski definition) is 6. The van der Waals surface area contributed by atoms with Gasteiger partial charge in [0.25, 0.3) is 10.0 Å². The zero-order valence-corrected chi connectivity index (χ0v) is 22.2. The molecule has 0 aliphatic carbocycles. The first-order chi connectivity index (χ1) is 17.9. The Balaban J connectivity index is 2.02. The molecule has 0 spiro atoms. The number of nitrogens with one attached hydrogen (secondary N) is 2. The smallest absolute Gasteiger partial charge is 0.416 e. The van der Waals surface area contributed by atoms with Crippen LogP contribution in [0.2, 0.25) is 0 Å². The lowest BCUT2D eigenvalue weighted by molar-refractivity contribution is -0.145. The molecule has 0 saturated heterocycles. The Morgan fingerprint density at radius 2 is 1.79 bits per heavy atom. The highest BCUT2D eigenvalue weighted by Crippen LogP contribution is 2.41. The van der Waals surface area contributed by atoms with Crippen LogP contribution in [0.1, 0.15) is 25.8 Å². The zero-order chi connectivity index (χ0) is 29.3. The number of halogens is 3. The quantitative estimate of drug-likeness (QED) is 0.451. The number of anilines is 2.